The normalized spacial score (nSPS) is 10.2. The Morgan fingerprint density at radius 2 is 2.20 bits per heavy atom. The molecule has 0 radical (unpaired) electrons. The molecular formula is C11H10N2O2. The molecule has 2 aromatic rings. The Labute approximate surface area is 86.7 Å². The van der Waals surface area contributed by atoms with E-state index in [9.17, 15) is 4.79 Å². The molecular weight excluding hydrogens is 192 g/mol. The van der Waals surface area contributed by atoms with E-state index < -0.39 is 5.91 Å². The van der Waals surface area contributed by atoms with Gasteiger partial charge in [-0.05, 0) is 18.2 Å². The minimum Gasteiger partial charge on any atom is -0.496 e. The number of carbonyl (C=O) groups is 1. The third kappa shape index (κ3) is 1.50. The highest BCUT2D eigenvalue weighted by molar-refractivity contribution is 6.08. The van der Waals surface area contributed by atoms with E-state index in [0.717, 1.165) is 10.8 Å². The van der Waals surface area contributed by atoms with Gasteiger partial charge in [-0.2, -0.15) is 0 Å². The first-order valence-corrected chi connectivity index (χ1v) is 4.44. The van der Waals surface area contributed by atoms with Crippen LogP contribution in [0.3, 0.4) is 0 Å². The molecule has 0 bridgehead atoms. The van der Waals surface area contributed by atoms with Crippen LogP contribution in [0.2, 0.25) is 0 Å². The highest BCUT2D eigenvalue weighted by Gasteiger charge is 2.12. The van der Waals surface area contributed by atoms with Crippen LogP contribution in [0, 0.1) is 0 Å². The van der Waals surface area contributed by atoms with Crippen molar-refractivity contribution in [1.82, 2.24) is 4.98 Å². The Morgan fingerprint density at radius 1 is 1.40 bits per heavy atom. The Hall–Kier alpha value is -2.10. The molecule has 0 atom stereocenters. The van der Waals surface area contributed by atoms with Crippen LogP contribution in [0.5, 0.6) is 5.75 Å². The van der Waals surface area contributed by atoms with E-state index in [0.29, 0.717) is 11.3 Å². The van der Waals surface area contributed by atoms with Crippen LogP contribution < -0.4 is 10.5 Å². The summed E-state index contributed by atoms with van der Waals surface area (Å²) in [6, 6.07) is 5.30. The minimum atomic E-state index is -0.497. The minimum absolute atomic E-state index is 0.400. The number of benzene rings is 1. The summed E-state index contributed by atoms with van der Waals surface area (Å²) < 4.78 is 5.09. The molecule has 0 aliphatic carbocycles. The Kier molecular flexibility index (Phi) is 2.25. The van der Waals surface area contributed by atoms with Gasteiger partial charge in [0.2, 0.25) is 0 Å². The second-order valence-corrected chi connectivity index (χ2v) is 3.10. The highest BCUT2D eigenvalue weighted by Crippen LogP contribution is 2.26. The average Bonchev–Trinajstić information content (AvgIpc) is 2.27. The molecule has 0 unspecified atom stereocenters. The van der Waals surface area contributed by atoms with Gasteiger partial charge in [0, 0.05) is 23.2 Å². The highest BCUT2D eigenvalue weighted by atomic mass is 16.5. The van der Waals surface area contributed by atoms with E-state index in [-0.39, 0.29) is 0 Å². The van der Waals surface area contributed by atoms with E-state index in [4.69, 9.17) is 10.5 Å². The maximum Gasteiger partial charge on any atom is 0.253 e. The van der Waals surface area contributed by atoms with Gasteiger partial charge in [-0.1, -0.05) is 0 Å². The third-order valence-corrected chi connectivity index (χ3v) is 2.25. The van der Waals surface area contributed by atoms with Gasteiger partial charge in [-0.15, -0.1) is 0 Å². The van der Waals surface area contributed by atoms with Crippen molar-refractivity contribution in [3.05, 3.63) is 36.2 Å². The van der Waals surface area contributed by atoms with Crippen molar-refractivity contribution in [2.45, 2.75) is 0 Å². The summed E-state index contributed by atoms with van der Waals surface area (Å²) in [4.78, 5) is 15.3. The van der Waals surface area contributed by atoms with Gasteiger partial charge in [0.15, 0.2) is 0 Å². The summed E-state index contributed by atoms with van der Waals surface area (Å²) in [7, 11) is 1.51. The van der Waals surface area contributed by atoms with Crippen molar-refractivity contribution < 1.29 is 9.53 Å². The molecule has 4 heteroatoms. The maximum absolute atomic E-state index is 11.3. The Bertz CT molecular complexity index is 523. The van der Waals surface area contributed by atoms with E-state index in [1.165, 1.54) is 7.11 Å². The summed E-state index contributed by atoms with van der Waals surface area (Å²) in [6.07, 6.45) is 3.30. The van der Waals surface area contributed by atoms with Gasteiger partial charge in [-0.25, -0.2) is 0 Å². The lowest BCUT2D eigenvalue weighted by atomic mass is 10.1. The number of nitrogens with zero attached hydrogens (tertiary/aromatic N) is 1. The van der Waals surface area contributed by atoms with Gasteiger partial charge in [0.25, 0.3) is 5.91 Å². The summed E-state index contributed by atoms with van der Waals surface area (Å²) in [5.41, 5.74) is 5.72. The number of hydrogen-bond acceptors (Lipinski definition) is 3. The third-order valence-electron chi connectivity index (χ3n) is 2.25. The topological polar surface area (TPSA) is 65.2 Å². The molecule has 2 rings (SSSR count). The number of primary amides is 1. The van der Waals surface area contributed by atoms with Crippen LogP contribution >= 0.6 is 0 Å². The van der Waals surface area contributed by atoms with Crippen LogP contribution in [-0.2, 0) is 0 Å². The lowest BCUT2D eigenvalue weighted by Gasteiger charge is -2.08. The second kappa shape index (κ2) is 3.57. The fourth-order valence-electron chi connectivity index (χ4n) is 1.57. The predicted molar refractivity (Wildman–Crippen MR) is 56.8 cm³/mol. The van der Waals surface area contributed by atoms with E-state index in [1.54, 1.807) is 24.5 Å². The molecule has 15 heavy (non-hydrogen) atoms. The largest absolute Gasteiger partial charge is 0.496 e. The fourth-order valence-corrected chi connectivity index (χ4v) is 1.57. The molecule has 0 saturated heterocycles. The maximum atomic E-state index is 11.3. The zero-order chi connectivity index (χ0) is 10.8. The predicted octanol–water partition coefficient (Wildman–Crippen LogP) is 1.34. The molecule has 0 aliphatic rings. The monoisotopic (exact) mass is 202 g/mol. The van der Waals surface area contributed by atoms with Crippen LogP contribution in [0.1, 0.15) is 10.4 Å². The van der Waals surface area contributed by atoms with Crippen LogP contribution in [-0.4, -0.2) is 18.0 Å². The number of pyridine rings is 1. The van der Waals surface area contributed by atoms with Gasteiger partial charge in [0.05, 0.1) is 12.7 Å². The molecule has 1 amide bonds. The Morgan fingerprint density at radius 3 is 2.87 bits per heavy atom. The number of ether oxygens (including phenoxy) is 1. The van der Waals surface area contributed by atoms with Crippen LogP contribution in [0.15, 0.2) is 30.6 Å². The number of methoxy groups -OCH3 is 1. The van der Waals surface area contributed by atoms with Crippen molar-refractivity contribution >= 4 is 16.7 Å². The second-order valence-electron chi connectivity index (χ2n) is 3.10. The standard InChI is InChI=1S/C11H10N2O2/c1-15-9-3-2-7-6-13-5-4-8(7)10(9)11(12)14/h2-6H,1H3,(H2,12,14). The molecule has 0 saturated carbocycles. The summed E-state index contributed by atoms with van der Waals surface area (Å²) in [5.74, 6) is -0.00940. The molecule has 1 aromatic heterocycles. The smallest absolute Gasteiger partial charge is 0.253 e. The molecule has 1 aromatic carbocycles. The van der Waals surface area contributed by atoms with Crippen molar-refractivity contribution in [2.75, 3.05) is 7.11 Å². The molecule has 2 N–H and O–H groups in total. The number of amides is 1. The lowest BCUT2D eigenvalue weighted by Crippen LogP contribution is -2.13. The number of carbonyl (C=O) groups excluding carboxylic acids is 1. The first kappa shape index (κ1) is 9.45. The number of fused-ring (bicyclic) bond motifs is 1. The van der Waals surface area contributed by atoms with Gasteiger partial charge < -0.3 is 10.5 Å². The molecule has 0 fully saturated rings. The molecule has 0 spiro atoms. The van der Waals surface area contributed by atoms with Crippen molar-refractivity contribution in [3.8, 4) is 5.75 Å². The zero-order valence-electron chi connectivity index (χ0n) is 8.23. The number of nitrogens with two attached hydrogens (primary N) is 1. The van der Waals surface area contributed by atoms with Crippen LogP contribution in [0.4, 0.5) is 0 Å². The molecule has 1 heterocycles. The zero-order valence-corrected chi connectivity index (χ0v) is 8.23. The van der Waals surface area contributed by atoms with Crippen LogP contribution in [0.25, 0.3) is 10.8 Å². The van der Waals surface area contributed by atoms with Gasteiger partial charge in [0.1, 0.15) is 5.75 Å². The number of aromatic nitrogens is 1. The quantitative estimate of drug-likeness (QED) is 0.799. The summed E-state index contributed by atoms with van der Waals surface area (Å²) in [5, 5.41) is 1.63. The van der Waals surface area contributed by atoms with Gasteiger partial charge >= 0.3 is 0 Å². The fraction of sp³-hybridized carbons (Fsp3) is 0.0909. The summed E-state index contributed by atoms with van der Waals surface area (Å²) >= 11 is 0. The number of hydrogen-bond donors (Lipinski definition) is 1. The van der Waals surface area contributed by atoms with Crippen molar-refractivity contribution in [2.24, 2.45) is 5.73 Å². The first-order valence-electron chi connectivity index (χ1n) is 4.44. The van der Waals surface area contributed by atoms with Crippen molar-refractivity contribution in [3.63, 3.8) is 0 Å². The van der Waals surface area contributed by atoms with E-state index >= 15 is 0 Å². The van der Waals surface area contributed by atoms with Gasteiger partial charge in [-0.3, -0.25) is 9.78 Å². The number of rotatable bonds is 2. The van der Waals surface area contributed by atoms with E-state index in [2.05, 4.69) is 4.98 Å². The SMILES string of the molecule is COc1ccc2cnccc2c1C(N)=O. The molecule has 4 nitrogen and oxygen atoms in total. The molecule has 76 valence electrons. The van der Waals surface area contributed by atoms with E-state index in [1.807, 2.05) is 6.07 Å². The first-order chi connectivity index (χ1) is 7.24. The summed E-state index contributed by atoms with van der Waals surface area (Å²) in [6.45, 7) is 0. The molecule has 0 aliphatic heterocycles. The Balaban J connectivity index is 2.85. The lowest BCUT2D eigenvalue weighted by molar-refractivity contribution is 0.0999. The van der Waals surface area contributed by atoms with Crippen molar-refractivity contribution in [1.29, 1.82) is 0 Å². The average molecular weight is 202 g/mol.